The number of nitrogens with zero attached hydrogens (tertiary/aromatic N) is 1. The number of aryl methyl sites for hydroxylation is 1. The molecule has 4 rings (SSSR count). The van der Waals surface area contributed by atoms with Crippen molar-refractivity contribution in [1.29, 1.82) is 0 Å². The third-order valence-corrected chi connectivity index (χ3v) is 6.34. The van der Waals surface area contributed by atoms with E-state index in [1.54, 1.807) is 11.3 Å². The normalized spacial score (nSPS) is 29.3. The molecule has 2 aliphatic carbocycles. The van der Waals surface area contributed by atoms with Gasteiger partial charge < -0.3 is 5.32 Å². The highest BCUT2D eigenvalue weighted by Crippen LogP contribution is 2.41. The average Bonchev–Trinajstić information content (AvgIpc) is 2.86. The topological polar surface area (TPSA) is 24.9 Å². The molecule has 0 amide bonds. The maximum absolute atomic E-state index is 4.55. The van der Waals surface area contributed by atoms with Crippen LogP contribution in [0.25, 0.3) is 10.2 Å². The van der Waals surface area contributed by atoms with Gasteiger partial charge in [-0.1, -0.05) is 25.7 Å². The van der Waals surface area contributed by atoms with E-state index in [9.17, 15) is 0 Å². The first-order valence-corrected chi connectivity index (χ1v) is 9.23. The van der Waals surface area contributed by atoms with Crippen molar-refractivity contribution in [3.05, 3.63) is 23.2 Å². The lowest BCUT2D eigenvalue weighted by molar-refractivity contribution is 0.162. The third kappa shape index (κ3) is 2.80. The average molecular weight is 300 g/mol. The van der Waals surface area contributed by atoms with Crippen LogP contribution < -0.4 is 5.32 Å². The maximum Gasteiger partial charge on any atom is 0.0907 e. The number of aromatic nitrogens is 1. The van der Waals surface area contributed by atoms with Gasteiger partial charge in [0.1, 0.15) is 0 Å². The second-order valence-corrected chi connectivity index (χ2v) is 8.11. The van der Waals surface area contributed by atoms with Gasteiger partial charge in [-0.2, -0.15) is 0 Å². The minimum Gasteiger partial charge on any atom is -0.382 e. The van der Waals surface area contributed by atoms with Crippen molar-refractivity contribution in [2.75, 3.05) is 5.32 Å². The van der Waals surface area contributed by atoms with E-state index in [1.807, 2.05) is 0 Å². The molecule has 1 aromatic carbocycles. The molecule has 2 aliphatic rings. The van der Waals surface area contributed by atoms with Crippen LogP contribution in [0.4, 0.5) is 5.69 Å². The first kappa shape index (κ1) is 13.6. The maximum atomic E-state index is 4.55. The van der Waals surface area contributed by atoms with Gasteiger partial charge in [0, 0.05) is 11.7 Å². The zero-order valence-corrected chi connectivity index (χ0v) is 13.6. The first-order valence-electron chi connectivity index (χ1n) is 8.41. The lowest BCUT2D eigenvalue weighted by atomic mass is 9.69. The summed E-state index contributed by atoms with van der Waals surface area (Å²) in [6, 6.07) is 7.32. The predicted octanol–water partition coefficient (Wildman–Crippen LogP) is 5.38. The van der Waals surface area contributed by atoms with Crippen LogP contribution in [0.5, 0.6) is 0 Å². The Morgan fingerprint density at radius 2 is 1.95 bits per heavy atom. The van der Waals surface area contributed by atoms with Crippen LogP contribution >= 0.6 is 11.3 Å². The van der Waals surface area contributed by atoms with Crippen LogP contribution in [0.15, 0.2) is 18.2 Å². The number of nitrogens with one attached hydrogen (secondary N) is 1. The molecule has 1 N–H and O–H groups in total. The van der Waals surface area contributed by atoms with Gasteiger partial charge in [0.25, 0.3) is 0 Å². The fourth-order valence-electron chi connectivity index (χ4n) is 4.37. The summed E-state index contributed by atoms with van der Waals surface area (Å²) >= 11 is 1.80. The molecule has 2 nitrogen and oxygen atoms in total. The molecule has 1 heterocycles. The molecule has 0 bridgehead atoms. The van der Waals surface area contributed by atoms with Gasteiger partial charge in [0.2, 0.25) is 0 Å². The summed E-state index contributed by atoms with van der Waals surface area (Å²) in [4.78, 5) is 4.55. The number of benzene rings is 1. The Bertz CT molecular complexity index is 633. The first-order chi connectivity index (χ1) is 10.3. The lowest BCUT2D eigenvalue weighted by Gasteiger charge is -2.39. The zero-order chi connectivity index (χ0) is 14.2. The van der Waals surface area contributed by atoms with Crippen LogP contribution in [0, 0.1) is 18.8 Å². The Hall–Kier alpha value is -1.09. The van der Waals surface area contributed by atoms with Crippen molar-refractivity contribution in [2.45, 2.75) is 57.9 Å². The molecular weight excluding hydrogens is 276 g/mol. The van der Waals surface area contributed by atoms with Gasteiger partial charge >= 0.3 is 0 Å². The van der Waals surface area contributed by atoms with Crippen molar-refractivity contribution in [3.8, 4) is 0 Å². The molecule has 3 heteroatoms. The van der Waals surface area contributed by atoms with Gasteiger partial charge in [-0.25, -0.2) is 4.98 Å². The van der Waals surface area contributed by atoms with E-state index in [-0.39, 0.29) is 0 Å². The molecular formula is C18H24N2S. The van der Waals surface area contributed by atoms with Crippen LogP contribution in [-0.2, 0) is 0 Å². The van der Waals surface area contributed by atoms with E-state index in [4.69, 9.17) is 0 Å². The number of hydrogen-bond acceptors (Lipinski definition) is 3. The van der Waals surface area contributed by atoms with Crippen molar-refractivity contribution >= 4 is 27.2 Å². The van der Waals surface area contributed by atoms with Gasteiger partial charge in [0.05, 0.1) is 15.2 Å². The van der Waals surface area contributed by atoms with Crippen molar-refractivity contribution in [1.82, 2.24) is 4.98 Å². The Morgan fingerprint density at radius 3 is 2.86 bits per heavy atom. The highest BCUT2D eigenvalue weighted by Gasteiger charge is 2.31. The molecule has 21 heavy (non-hydrogen) atoms. The fraction of sp³-hybridized carbons (Fsp3) is 0.611. The summed E-state index contributed by atoms with van der Waals surface area (Å²) in [5, 5.41) is 4.95. The Balaban J connectivity index is 1.46. The van der Waals surface area contributed by atoms with Crippen LogP contribution in [0.1, 0.15) is 50.0 Å². The third-order valence-electron chi connectivity index (χ3n) is 5.41. The van der Waals surface area contributed by atoms with Gasteiger partial charge in [0.15, 0.2) is 0 Å². The van der Waals surface area contributed by atoms with E-state index in [2.05, 4.69) is 35.4 Å². The molecule has 0 radical (unpaired) electrons. The SMILES string of the molecule is Cc1nc2ccc(NC3CCC4CCCCC4C3)cc2s1. The molecule has 3 atom stereocenters. The highest BCUT2D eigenvalue weighted by molar-refractivity contribution is 7.18. The summed E-state index contributed by atoms with van der Waals surface area (Å²) in [6.07, 6.45) is 10.1. The molecule has 2 saturated carbocycles. The van der Waals surface area contributed by atoms with Crippen LogP contribution in [0.3, 0.4) is 0 Å². The van der Waals surface area contributed by atoms with E-state index >= 15 is 0 Å². The minimum absolute atomic E-state index is 0.677. The molecule has 0 saturated heterocycles. The minimum atomic E-state index is 0.677. The van der Waals surface area contributed by atoms with E-state index in [0.717, 1.165) is 22.4 Å². The summed E-state index contributed by atoms with van der Waals surface area (Å²) in [7, 11) is 0. The number of hydrogen-bond donors (Lipinski definition) is 1. The molecule has 2 fully saturated rings. The van der Waals surface area contributed by atoms with Crippen molar-refractivity contribution < 1.29 is 0 Å². The largest absolute Gasteiger partial charge is 0.382 e. The van der Waals surface area contributed by atoms with Gasteiger partial charge in [-0.3, -0.25) is 0 Å². The van der Waals surface area contributed by atoms with E-state index in [1.165, 1.54) is 55.3 Å². The number of anilines is 1. The lowest BCUT2D eigenvalue weighted by Crippen LogP contribution is -2.34. The molecule has 3 unspecified atom stereocenters. The van der Waals surface area contributed by atoms with Crippen molar-refractivity contribution in [3.63, 3.8) is 0 Å². The van der Waals surface area contributed by atoms with Crippen LogP contribution in [-0.4, -0.2) is 11.0 Å². The van der Waals surface area contributed by atoms with Gasteiger partial charge in [-0.15, -0.1) is 11.3 Å². The molecule has 0 spiro atoms. The predicted molar refractivity (Wildman–Crippen MR) is 91.1 cm³/mol. The number of thiazole rings is 1. The van der Waals surface area contributed by atoms with E-state index < -0.39 is 0 Å². The Morgan fingerprint density at radius 1 is 1.10 bits per heavy atom. The highest BCUT2D eigenvalue weighted by atomic mass is 32.1. The Labute approximate surface area is 131 Å². The smallest absolute Gasteiger partial charge is 0.0907 e. The van der Waals surface area contributed by atoms with Crippen molar-refractivity contribution in [2.24, 2.45) is 11.8 Å². The number of fused-ring (bicyclic) bond motifs is 2. The number of rotatable bonds is 2. The molecule has 1 aromatic heterocycles. The fourth-order valence-corrected chi connectivity index (χ4v) is 5.24. The second-order valence-electron chi connectivity index (χ2n) is 6.87. The molecule has 112 valence electrons. The quantitative estimate of drug-likeness (QED) is 0.806. The molecule has 2 aromatic rings. The van der Waals surface area contributed by atoms with Crippen LogP contribution in [0.2, 0.25) is 0 Å². The zero-order valence-electron chi connectivity index (χ0n) is 12.8. The Kier molecular flexibility index (Phi) is 3.62. The summed E-state index contributed by atoms with van der Waals surface area (Å²) in [5.41, 5.74) is 2.42. The summed E-state index contributed by atoms with van der Waals surface area (Å²) in [5.74, 6) is 2.02. The monoisotopic (exact) mass is 300 g/mol. The standard InChI is InChI=1S/C18H24N2S/c1-12-19-17-9-8-16(11-18(17)21-12)20-15-7-6-13-4-2-3-5-14(13)10-15/h8-9,11,13-15,20H,2-7,10H2,1H3. The second kappa shape index (κ2) is 5.60. The summed E-state index contributed by atoms with van der Waals surface area (Å²) in [6.45, 7) is 2.09. The van der Waals surface area contributed by atoms with Gasteiger partial charge in [-0.05, 0) is 56.2 Å². The summed E-state index contributed by atoms with van der Waals surface area (Å²) < 4.78 is 1.31. The van der Waals surface area contributed by atoms with E-state index in [0.29, 0.717) is 6.04 Å². The molecule has 0 aliphatic heterocycles.